The van der Waals surface area contributed by atoms with Crippen molar-refractivity contribution in [3.8, 4) is 11.3 Å². The molecule has 0 unspecified atom stereocenters. The molecule has 0 N–H and O–H groups in total. The van der Waals surface area contributed by atoms with Crippen LogP contribution < -0.4 is 0 Å². The molecule has 0 amide bonds. The third kappa shape index (κ3) is 2.53. The van der Waals surface area contributed by atoms with Crippen LogP contribution in [0.4, 0.5) is 13.2 Å². The van der Waals surface area contributed by atoms with E-state index in [4.69, 9.17) is 0 Å². The minimum absolute atomic E-state index is 0.480. The van der Waals surface area contributed by atoms with Crippen LogP contribution in [0, 0.1) is 13.8 Å². The molecule has 2 rings (SSSR count). The van der Waals surface area contributed by atoms with E-state index in [-0.39, 0.29) is 0 Å². The number of alkyl halides is 3. The maximum absolute atomic E-state index is 12.6. The number of pyridine rings is 1. The molecule has 0 aliphatic heterocycles. The molecule has 1 aromatic carbocycles. The van der Waals surface area contributed by atoms with Gasteiger partial charge in [-0.25, -0.2) is 0 Å². The van der Waals surface area contributed by atoms with Gasteiger partial charge in [0.25, 0.3) is 0 Å². The van der Waals surface area contributed by atoms with Crippen molar-refractivity contribution in [2.75, 3.05) is 0 Å². The van der Waals surface area contributed by atoms with Gasteiger partial charge < -0.3 is 0 Å². The van der Waals surface area contributed by atoms with Gasteiger partial charge in [0.15, 0.2) is 0 Å². The fourth-order valence-electron chi connectivity index (χ4n) is 1.64. The van der Waals surface area contributed by atoms with E-state index in [1.807, 2.05) is 13.8 Å². The summed E-state index contributed by atoms with van der Waals surface area (Å²) in [6.07, 6.45) is -2.65. The molecule has 1 aromatic heterocycles. The van der Waals surface area contributed by atoms with Crippen molar-refractivity contribution in [2.24, 2.45) is 0 Å². The van der Waals surface area contributed by atoms with Crippen molar-refractivity contribution in [3.05, 3.63) is 53.2 Å². The monoisotopic (exact) mass is 251 g/mol. The zero-order valence-corrected chi connectivity index (χ0v) is 10.0. The Hall–Kier alpha value is -1.84. The molecule has 94 valence electrons. The van der Waals surface area contributed by atoms with E-state index in [1.54, 1.807) is 18.3 Å². The highest BCUT2D eigenvalue weighted by atomic mass is 19.4. The summed E-state index contributed by atoms with van der Waals surface area (Å²) in [7, 11) is 0. The van der Waals surface area contributed by atoms with Crippen molar-refractivity contribution in [1.29, 1.82) is 0 Å². The molecule has 4 heteroatoms. The standard InChI is InChI=1S/C14H12F3N/c1-9-6-13(18-8-10(9)2)11-4-3-5-12(7-11)14(15,16)17/h3-8H,1-2H3. The summed E-state index contributed by atoms with van der Waals surface area (Å²) in [4.78, 5) is 4.17. The molecule has 0 radical (unpaired) electrons. The molecule has 2 aromatic rings. The van der Waals surface area contributed by atoms with Crippen molar-refractivity contribution < 1.29 is 13.2 Å². The summed E-state index contributed by atoms with van der Waals surface area (Å²) < 4.78 is 37.8. The topological polar surface area (TPSA) is 12.9 Å². The van der Waals surface area contributed by atoms with Gasteiger partial charge in [-0.15, -0.1) is 0 Å². The quantitative estimate of drug-likeness (QED) is 0.732. The van der Waals surface area contributed by atoms with Gasteiger partial charge in [-0.2, -0.15) is 13.2 Å². The van der Waals surface area contributed by atoms with E-state index < -0.39 is 11.7 Å². The van der Waals surface area contributed by atoms with Gasteiger partial charge in [-0.1, -0.05) is 12.1 Å². The lowest BCUT2D eigenvalue weighted by molar-refractivity contribution is -0.137. The van der Waals surface area contributed by atoms with Crippen LogP contribution in [-0.2, 0) is 6.18 Å². The summed E-state index contributed by atoms with van der Waals surface area (Å²) in [5.41, 5.74) is 2.42. The van der Waals surface area contributed by atoms with Crippen LogP contribution in [0.1, 0.15) is 16.7 Å². The Bertz CT molecular complexity index is 573. The molecule has 0 aliphatic rings. The Labute approximate surface area is 103 Å². The summed E-state index contributed by atoms with van der Waals surface area (Å²) in [5, 5.41) is 0. The predicted octanol–water partition coefficient (Wildman–Crippen LogP) is 4.38. The normalized spacial score (nSPS) is 11.6. The van der Waals surface area contributed by atoms with Gasteiger partial charge in [0.2, 0.25) is 0 Å². The van der Waals surface area contributed by atoms with Gasteiger partial charge in [0, 0.05) is 11.8 Å². The highest BCUT2D eigenvalue weighted by molar-refractivity contribution is 5.61. The first kappa shape index (κ1) is 12.6. The van der Waals surface area contributed by atoms with Gasteiger partial charge in [-0.05, 0) is 43.2 Å². The number of halogens is 3. The van der Waals surface area contributed by atoms with E-state index in [0.717, 1.165) is 23.3 Å². The molecule has 0 spiro atoms. The zero-order chi connectivity index (χ0) is 13.3. The zero-order valence-electron chi connectivity index (χ0n) is 10.0. The first-order chi connectivity index (χ1) is 8.38. The number of nitrogens with zero attached hydrogens (tertiary/aromatic N) is 1. The largest absolute Gasteiger partial charge is 0.416 e. The van der Waals surface area contributed by atoms with Crippen molar-refractivity contribution in [2.45, 2.75) is 20.0 Å². The molecular weight excluding hydrogens is 239 g/mol. The number of aryl methyl sites for hydroxylation is 2. The molecule has 18 heavy (non-hydrogen) atoms. The van der Waals surface area contributed by atoms with E-state index >= 15 is 0 Å². The summed E-state index contributed by atoms with van der Waals surface area (Å²) >= 11 is 0. The van der Waals surface area contributed by atoms with Crippen LogP contribution in [0.2, 0.25) is 0 Å². The van der Waals surface area contributed by atoms with Crippen LogP contribution in [0.5, 0.6) is 0 Å². The average molecular weight is 251 g/mol. The highest BCUT2D eigenvalue weighted by Crippen LogP contribution is 2.31. The molecule has 0 bridgehead atoms. The maximum atomic E-state index is 12.6. The molecule has 0 saturated carbocycles. The second kappa shape index (κ2) is 4.44. The molecule has 0 fully saturated rings. The van der Waals surface area contributed by atoms with E-state index in [2.05, 4.69) is 4.98 Å². The van der Waals surface area contributed by atoms with E-state index in [1.165, 1.54) is 6.07 Å². The van der Waals surface area contributed by atoms with Gasteiger partial charge in [-0.3, -0.25) is 4.98 Å². The second-order valence-corrected chi connectivity index (χ2v) is 4.23. The Morgan fingerprint density at radius 1 is 1.00 bits per heavy atom. The van der Waals surface area contributed by atoms with Crippen LogP contribution in [-0.4, -0.2) is 4.98 Å². The average Bonchev–Trinajstić information content (AvgIpc) is 2.32. The van der Waals surface area contributed by atoms with Crippen LogP contribution in [0.3, 0.4) is 0 Å². The highest BCUT2D eigenvalue weighted by Gasteiger charge is 2.30. The molecule has 0 saturated heterocycles. The number of benzene rings is 1. The first-order valence-electron chi connectivity index (χ1n) is 5.49. The van der Waals surface area contributed by atoms with Crippen LogP contribution in [0.15, 0.2) is 36.5 Å². The van der Waals surface area contributed by atoms with Gasteiger partial charge in [0.05, 0.1) is 11.3 Å². The number of aromatic nitrogens is 1. The molecule has 1 nitrogen and oxygen atoms in total. The molecule has 1 heterocycles. The fourth-order valence-corrected chi connectivity index (χ4v) is 1.64. The Kier molecular flexibility index (Phi) is 3.11. The smallest absolute Gasteiger partial charge is 0.256 e. The van der Waals surface area contributed by atoms with E-state index in [9.17, 15) is 13.2 Å². The minimum Gasteiger partial charge on any atom is -0.256 e. The van der Waals surface area contributed by atoms with Crippen LogP contribution >= 0.6 is 0 Å². The number of hydrogen-bond donors (Lipinski definition) is 0. The van der Waals surface area contributed by atoms with E-state index in [0.29, 0.717) is 11.3 Å². The second-order valence-electron chi connectivity index (χ2n) is 4.23. The minimum atomic E-state index is -4.32. The lowest BCUT2D eigenvalue weighted by atomic mass is 10.0. The van der Waals surface area contributed by atoms with Gasteiger partial charge >= 0.3 is 6.18 Å². The maximum Gasteiger partial charge on any atom is 0.416 e. The summed E-state index contributed by atoms with van der Waals surface area (Å²) in [6.45, 7) is 3.83. The van der Waals surface area contributed by atoms with Crippen molar-refractivity contribution in [3.63, 3.8) is 0 Å². The predicted molar refractivity (Wildman–Crippen MR) is 64.1 cm³/mol. The Balaban J connectivity index is 2.48. The number of rotatable bonds is 1. The third-order valence-corrected chi connectivity index (χ3v) is 2.86. The molecule has 0 aliphatic carbocycles. The van der Waals surface area contributed by atoms with Crippen molar-refractivity contribution >= 4 is 0 Å². The third-order valence-electron chi connectivity index (χ3n) is 2.86. The Morgan fingerprint density at radius 2 is 1.72 bits per heavy atom. The van der Waals surface area contributed by atoms with Crippen LogP contribution in [0.25, 0.3) is 11.3 Å². The number of hydrogen-bond acceptors (Lipinski definition) is 1. The lowest BCUT2D eigenvalue weighted by Crippen LogP contribution is -2.04. The molecule has 0 atom stereocenters. The SMILES string of the molecule is Cc1cnc(-c2cccc(C(F)(F)F)c2)cc1C. The fraction of sp³-hybridized carbons (Fsp3) is 0.214. The summed E-state index contributed by atoms with van der Waals surface area (Å²) in [5.74, 6) is 0. The first-order valence-corrected chi connectivity index (χ1v) is 5.49. The Morgan fingerprint density at radius 3 is 2.33 bits per heavy atom. The van der Waals surface area contributed by atoms with Gasteiger partial charge in [0.1, 0.15) is 0 Å². The van der Waals surface area contributed by atoms with Crippen molar-refractivity contribution in [1.82, 2.24) is 4.98 Å². The summed E-state index contributed by atoms with van der Waals surface area (Å²) in [6, 6.07) is 7.01. The lowest BCUT2D eigenvalue weighted by Gasteiger charge is -2.09. The molecular formula is C14H12F3N.